The first kappa shape index (κ1) is 16.0. The lowest BCUT2D eigenvalue weighted by Gasteiger charge is -2.14. The van der Waals surface area contributed by atoms with E-state index in [2.05, 4.69) is 0 Å². The predicted molar refractivity (Wildman–Crippen MR) is 88.0 cm³/mol. The number of carbonyl (C=O) groups is 3. The number of fused-ring (bicyclic) bond motifs is 1. The average molecular weight is 345 g/mol. The zero-order valence-electron chi connectivity index (χ0n) is 12.5. The Hall–Kier alpha value is -2.86. The summed E-state index contributed by atoms with van der Waals surface area (Å²) in [6, 6.07) is 11.0. The van der Waals surface area contributed by atoms with Gasteiger partial charge in [-0.25, -0.2) is 4.79 Å². The van der Waals surface area contributed by atoms with E-state index in [1.54, 1.807) is 30.3 Å². The van der Waals surface area contributed by atoms with Crippen LogP contribution >= 0.6 is 11.6 Å². The minimum absolute atomic E-state index is 0.0292. The van der Waals surface area contributed by atoms with Crippen LogP contribution in [0.25, 0.3) is 0 Å². The largest absolute Gasteiger partial charge is 0.460 e. The Balaban J connectivity index is 1.63. The quantitative estimate of drug-likeness (QED) is 0.522. The molecule has 0 fully saturated rings. The van der Waals surface area contributed by atoms with Crippen molar-refractivity contribution in [2.75, 3.05) is 18.9 Å². The zero-order valence-corrected chi connectivity index (χ0v) is 13.2. The van der Waals surface area contributed by atoms with Crippen LogP contribution in [0.5, 0.6) is 0 Å². The normalized spacial score (nSPS) is 13.1. The number of ether oxygens (including phenoxy) is 1. The minimum Gasteiger partial charge on any atom is -0.460 e. The van der Waals surface area contributed by atoms with Gasteiger partial charge in [-0.05, 0) is 30.3 Å². The van der Waals surface area contributed by atoms with E-state index in [4.69, 9.17) is 22.1 Å². The number of nitrogen functional groups attached to an aromatic ring is 1. The summed E-state index contributed by atoms with van der Waals surface area (Å²) in [5.74, 6) is -1.45. The molecular weight excluding hydrogens is 332 g/mol. The van der Waals surface area contributed by atoms with Crippen molar-refractivity contribution in [1.82, 2.24) is 4.90 Å². The molecule has 2 aromatic carbocycles. The number of nitrogens with two attached hydrogens (primary N) is 1. The van der Waals surface area contributed by atoms with Crippen LogP contribution in [-0.2, 0) is 4.74 Å². The Bertz CT molecular complexity index is 815. The second kappa shape index (κ2) is 6.33. The van der Waals surface area contributed by atoms with Crippen LogP contribution in [0.3, 0.4) is 0 Å². The third-order valence-electron chi connectivity index (χ3n) is 3.66. The molecular formula is C17H13ClN2O4. The molecule has 0 unspecified atom stereocenters. The molecule has 3 rings (SSSR count). The fourth-order valence-electron chi connectivity index (χ4n) is 2.45. The number of hydrogen-bond donors (Lipinski definition) is 1. The molecule has 0 bridgehead atoms. The van der Waals surface area contributed by atoms with Gasteiger partial charge >= 0.3 is 5.97 Å². The summed E-state index contributed by atoms with van der Waals surface area (Å²) in [6.45, 7) is -0.158. The van der Waals surface area contributed by atoms with E-state index in [0.717, 1.165) is 4.90 Å². The molecule has 2 aromatic rings. The number of esters is 1. The van der Waals surface area contributed by atoms with Gasteiger partial charge in [0.05, 0.1) is 23.2 Å². The molecule has 0 aliphatic carbocycles. The van der Waals surface area contributed by atoms with Crippen LogP contribution < -0.4 is 5.73 Å². The summed E-state index contributed by atoms with van der Waals surface area (Å²) in [4.78, 5) is 37.4. The number of amides is 2. The Morgan fingerprint density at radius 3 is 2.33 bits per heavy atom. The van der Waals surface area contributed by atoms with Crippen LogP contribution in [0.2, 0.25) is 5.02 Å². The molecule has 122 valence electrons. The number of carbonyl (C=O) groups excluding carboxylic acids is 3. The predicted octanol–water partition coefficient (Wildman–Crippen LogP) is 2.38. The van der Waals surface area contributed by atoms with E-state index < -0.39 is 17.8 Å². The van der Waals surface area contributed by atoms with Crippen LogP contribution in [0.4, 0.5) is 5.69 Å². The second-order valence-corrected chi connectivity index (χ2v) is 5.61. The number of hydrogen-bond acceptors (Lipinski definition) is 5. The number of rotatable bonds is 4. The molecule has 2 N–H and O–H groups in total. The smallest absolute Gasteiger partial charge is 0.340 e. The lowest BCUT2D eigenvalue weighted by molar-refractivity contribution is 0.0421. The topological polar surface area (TPSA) is 89.7 Å². The lowest BCUT2D eigenvalue weighted by atomic mass is 10.1. The molecule has 1 heterocycles. The van der Waals surface area contributed by atoms with Gasteiger partial charge in [-0.3, -0.25) is 14.5 Å². The molecule has 6 nitrogen and oxygen atoms in total. The zero-order chi connectivity index (χ0) is 17.3. The molecule has 1 aliphatic rings. The molecule has 0 atom stereocenters. The van der Waals surface area contributed by atoms with Gasteiger partial charge in [-0.15, -0.1) is 0 Å². The maximum absolute atomic E-state index is 12.2. The highest BCUT2D eigenvalue weighted by atomic mass is 35.5. The summed E-state index contributed by atoms with van der Waals surface area (Å²) in [5.41, 5.74) is 6.80. The van der Waals surface area contributed by atoms with Gasteiger partial charge in [-0.1, -0.05) is 23.7 Å². The minimum atomic E-state index is -0.661. The summed E-state index contributed by atoms with van der Waals surface area (Å²) in [5, 5.41) is 0.358. The Morgan fingerprint density at radius 2 is 1.71 bits per heavy atom. The molecule has 7 heteroatoms. The third-order valence-corrected chi connectivity index (χ3v) is 3.90. The van der Waals surface area contributed by atoms with Gasteiger partial charge in [-0.2, -0.15) is 0 Å². The third kappa shape index (κ3) is 2.83. The highest BCUT2D eigenvalue weighted by molar-refractivity contribution is 6.31. The molecule has 0 saturated carbocycles. The number of nitrogens with zero attached hydrogens (tertiary/aromatic N) is 1. The molecule has 0 radical (unpaired) electrons. The van der Waals surface area contributed by atoms with E-state index >= 15 is 0 Å². The van der Waals surface area contributed by atoms with Crippen molar-refractivity contribution in [2.45, 2.75) is 0 Å². The van der Waals surface area contributed by atoms with E-state index in [1.807, 2.05) is 0 Å². The second-order valence-electron chi connectivity index (χ2n) is 5.18. The fourth-order valence-corrected chi connectivity index (χ4v) is 2.63. The van der Waals surface area contributed by atoms with Gasteiger partial charge in [0.15, 0.2) is 0 Å². The van der Waals surface area contributed by atoms with Crippen molar-refractivity contribution >= 4 is 35.1 Å². The SMILES string of the molecule is Nc1ccc(Cl)cc1C(=O)OCCN1C(=O)c2ccccc2C1=O. The Morgan fingerprint density at radius 1 is 1.08 bits per heavy atom. The maximum atomic E-state index is 12.2. The number of benzene rings is 2. The van der Waals surface area contributed by atoms with Gasteiger partial charge in [0, 0.05) is 10.7 Å². The molecule has 0 saturated heterocycles. The van der Waals surface area contributed by atoms with Crippen molar-refractivity contribution in [3.63, 3.8) is 0 Å². The van der Waals surface area contributed by atoms with E-state index in [1.165, 1.54) is 12.1 Å². The summed E-state index contributed by atoms with van der Waals surface area (Å²) in [7, 11) is 0. The van der Waals surface area contributed by atoms with E-state index in [9.17, 15) is 14.4 Å². The number of halogens is 1. The molecule has 0 aromatic heterocycles. The van der Waals surface area contributed by atoms with Crippen LogP contribution in [0.15, 0.2) is 42.5 Å². The van der Waals surface area contributed by atoms with Crippen molar-refractivity contribution < 1.29 is 19.1 Å². The lowest BCUT2D eigenvalue weighted by Crippen LogP contribution is -2.33. The average Bonchev–Trinajstić information content (AvgIpc) is 2.82. The fraction of sp³-hybridized carbons (Fsp3) is 0.118. The van der Waals surface area contributed by atoms with Crippen molar-refractivity contribution in [3.8, 4) is 0 Å². The first-order chi connectivity index (χ1) is 11.5. The molecule has 0 spiro atoms. The van der Waals surface area contributed by atoms with Crippen molar-refractivity contribution in [2.24, 2.45) is 0 Å². The van der Waals surface area contributed by atoms with E-state index in [-0.39, 0.29) is 24.4 Å². The monoisotopic (exact) mass is 344 g/mol. The first-order valence-corrected chi connectivity index (χ1v) is 7.54. The van der Waals surface area contributed by atoms with Crippen LogP contribution in [-0.4, -0.2) is 35.8 Å². The number of anilines is 1. The number of imide groups is 1. The van der Waals surface area contributed by atoms with Crippen molar-refractivity contribution in [3.05, 3.63) is 64.2 Å². The highest BCUT2D eigenvalue weighted by Gasteiger charge is 2.34. The summed E-state index contributed by atoms with van der Waals surface area (Å²) < 4.78 is 5.10. The molecule has 2 amide bonds. The molecule has 24 heavy (non-hydrogen) atoms. The first-order valence-electron chi connectivity index (χ1n) is 7.16. The Labute approximate surface area is 142 Å². The van der Waals surface area contributed by atoms with E-state index in [0.29, 0.717) is 16.1 Å². The van der Waals surface area contributed by atoms with Crippen molar-refractivity contribution in [1.29, 1.82) is 0 Å². The maximum Gasteiger partial charge on any atom is 0.340 e. The molecule has 1 aliphatic heterocycles. The van der Waals surface area contributed by atoms with Gasteiger partial charge < -0.3 is 10.5 Å². The van der Waals surface area contributed by atoms with Gasteiger partial charge in [0.25, 0.3) is 11.8 Å². The summed E-state index contributed by atoms with van der Waals surface area (Å²) in [6.07, 6.45) is 0. The van der Waals surface area contributed by atoms with Crippen LogP contribution in [0.1, 0.15) is 31.1 Å². The van der Waals surface area contributed by atoms with Crippen LogP contribution in [0, 0.1) is 0 Å². The summed E-state index contributed by atoms with van der Waals surface area (Å²) >= 11 is 5.83. The van der Waals surface area contributed by atoms with Gasteiger partial charge in [0.2, 0.25) is 0 Å². The Kier molecular flexibility index (Phi) is 4.22. The standard InChI is InChI=1S/C17H13ClN2O4/c18-10-5-6-14(19)13(9-10)17(23)24-8-7-20-15(21)11-3-1-2-4-12(11)16(20)22/h1-6,9H,7-8,19H2. The highest BCUT2D eigenvalue weighted by Crippen LogP contribution is 2.22. The van der Waals surface area contributed by atoms with Gasteiger partial charge in [0.1, 0.15) is 6.61 Å².